The summed E-state index contributed by atoms with van der Waals surface area (Å²) in [6.07, 6.45) is 0. The maximum atomic E-state index is 6.24. The van der Waals surface area contributed by atoms with Gasteiger partial charge < -0.3 is 4.42 Å². The molecular formula is C25H18N4O. The highest BCUT2D eigenvalue weighted by atomic mass is 16.3. The van der Waals surface area contributed by atoms with Crippen molar-refractivity contribution in [3.63, 3.8) is 0 Å². The molecule has 0 saturated heterocycles. The molecule has 0 saturated carbocycles. The van der Waals surface area contributed by atoms with Crippen molar-refractivity contribution in [3.05, 3.63) is 84.2 Å². The van der Waals surface area contributed by atoms with Crippen LogP contribution in [0.15, 0.2) is 77.2 Å². The molecule has 0 aliphatic heterocycles. The first kappa shape index (κ1) is 16.9. The lowest BCUT2D eigenvalue weighted by molar-refractivity contribution is 0.653. The van der Waals surface area contributed by atoms with Crippen molar-refractivity contribution in [2.45, 2.75) is 13.8 Å². The Morgan fingerprint density at radius 2 is 1.50 bits per heavy atom. The second-order valence-electron chi connectivity index (χ2n) is 7.49. The number of benzene rings is 2. The topological polar surface area (TPSA) is 56.7 Å². The van der Waals surface area contributed by atoms with Crippen molar-refractivity contribution >= 4 is 33.2 Å². The van der Waals surface area contributed by atoms with Crippen molar-refractivity contribution in [1.82, 2.24) is 19.5 Å². The number of nitrogens with zero attached hydrogens (tertiary/aromatic N) is 4. The average molecular weight is 390 g/mol. The summed E-state index contributed by atoms with van der Waals surface area (Å²) in [6.45, 7) is 3.95. The Morgan fingerprint density at radius 3 is 2.37 bits per heavy atom. The van der Waals surface area contributed by atoms with E-state index in [4.69, 9.17) is 9.40 Å². The molecule has 5 heteroatoms. The zero-order valence-electron chi connectivity index (χ0n) is 16.6. The van der Waals surface area contributed by atoms with Gasteiger partial charge in [0.1, 0.15) is 5.58 Å². The number of hydrogen-bond acceptors (Lipinski definition) is 4. The SMILES string of the molecule is Cc1ccc2c(n1)nc(-c1cccc3c1oc1nc(C)ccc13)n2-c1ccccc1. The molecule has 0 bridgehead atoms. The molecule has 0 unspecified atom stereocenters. The highest BCUT2D eigenvalue weighted by Gasteiger charge is 2.20. The minimum atomic E-state index is 0.647. The van der Waals surface area contributed by atoms with Gasteiger partial charge in [-0.2, -0.15) is 0 Å². The second-order valence-corrected chi connectivity index (χ2v) is 7.49. The van der Waals surface area contributed by atoms with E-state index in [1.54, 1.807) is 0 Å². The van der Waals surface area contributed by atoms with E-state index in [2.05, 4.69) is 44.9 Å². The van der Waals surface area contributed by atoms with Crippen molar-refractivity contribution < 1.29 is 4.42 Å². The first-order valence-electron chi connectivity index (χ1n) is 9.90. The molecule has 0 N–H and O–H groups in total. The fraction of sp³-hybridized carbons (Fsp3) is 0.0800. The van der Waals surface area contributed by atoms with Crippen LogP contribution in [0.2, 0.25) is 0 Å². The lowest BCUT2D eigenvalue weighted by atomic mass is 10.1. The van der Waals surface area contributed by atoms with Crippen LogP contribution in [0.3, 0.4) is 0 Å². The van der Waals surface area contributed by atoms with Gasteiger partial charge in [-0.15, -0.1) is 0 Å². The molecule has 4 heterocycles. The van der Waals surface area contributed by atoms with Crippen molar-refractivity contribution in [1.29, 1.82) is 0 Å². The van der Waals surface area contributed by atoms with Gasteiger partial charge in [-0.1, -0.05) is 30.3 Å². The number of imidazole rings is 1. The third kappa shape index (κ3) is 2.45. The molecule has 2 aromatic carbocycles. The van der Waals surface area contributed by atoms with E-state index in [9.17, 15) is 0 Å². The lowest BCUT2D eigenvalue weighted by Crippen LogP contribution is -1.97. The van der Waals surface area contributed by atoms with E-state index in [0.29, 0.717) is 5.71 Å². The van der Waals surface area contributed by atoms with E-state index < -0.39 is 0 Å². The predicted octanol–water partition coefficient (Wildman–Crippen LogP) is 6.00. The highest BCUT2D eigenvalue weighted by molar-refractivity contribution is 6.08. The Balaban J connectivity index is 1.73. The number of aromatic nitrogens is 4. The monoisotopic (exact) mass is 390 g/mol. The van der Waals surface area contributed by atoms with E-state index in [0.717, 1.165) is 56.0 Å². The summed E-state index contributed by atoms with van der Waals surface area (Å²) < 4.78 is 8.39. The average Bonchev–Trinajstić information content (AvgIpc) is 3.31. The molecule has 4 aromatic heterocycles. The molecule has 0 aliphatic carbocycles. The van der Waals surface area contributed by atoms with Crippen LogP contribution in [-0.2, 0) is 0 Å². The molecule has 0 radical (unpaired) electrons. The van der Waals surface area contributed by atoms with E-state index in [1.807, 2.05) is 56.3 Å². The van der Waals surface area contributed by atoms with Gasteiger partial charge in [0, 0.05) is 27.8 Å². The lowest BCUT2D eigenvalue weighted by Gasteiger charge is -2.09. The molecule has 30 heavy (non-hydrogen) atoms. The Morgan fingerprint density at radius 1 is 0.700 bits per heavy atom. The molecule has 0 atom stereocenters. The van der Waals surface area contributed by atoms with Crippen LogP contribution >= 0.6 is 0 Å². The van der Waals surface area contributed by atoms with Gasteiger partial charge in [-0.3, -0.25) is 4.57 Å². The van der Waals surface area contributed by atoms with Gasteiger partial charge in [0.25, 0.3) is 0 Å². The highest BCUT2D eigenvalue weighted by Crippen LogP contribution is 2.37. The van der Waals surface area contributed by atoms with Gasteiger partial charge in [-0.25, -0.2) is 15.0 Å². The second kappa shape index (κ2) is 6.26. The molecule has 5 nitrogen and oxygen atoms in total. The third-order valence-corrected chi connectivity index (χ3v) is 5.42. The number of aryl methyl sites for hydroxylation is 2. The molecule has 6 aromatic rings. The standard InChI is InChI=1S/C25H18N4O/c1-15-12-14-21-23(26-15)28-24(29(21)17-7-4-3-5-8-17)20-10-6-9-18-19-13-11-16(2)27-25(19)30-22(18)20/h3-14H,1-2H3. The van der Waals surface area contributed by atoms with E-state index in [-0.39, 0.29) is 0 Å². The van der Waals surface area contributed by atoms with Crippen molar-refractivity contribution in [3.8, 4) is 17.1 Å². The Hall–Kier alpha value is -3.99. The minimum absolute atomic E-state index is 0.647. The molecule has 0 amide bonds. The molecular weight excluding hydrogens is 372 g/mol. The quantitative estimate of drug-likeness (QED) is 0.364. The summed E-state index contributed by atoms with van der Waals surface area (Å²) in [5.41, 5.74) is 6.93. The van der Waals surface area contributed by atoms with Gasteiger partial charge >= 0.3 is 0 Å². The Labute approximate surface area is 172 Å². The van der Waals surface area contributed by atoms with E-state index >= 15 is 0 Å². The summed E-state index contributed by atoms with van der Waals surface area (Å²) in [6, 6.07) is 24.5. The molecule has 0 fully saturated rings. The van der Waals surface area contributed by atoms with Crippen LogP contribution in [-0.4, -0.2) is 19.5 Å². The zero-order valence-corrected chi connectivity index (χ0v) is 16.6. The number of furan rings is 1. The van der Waals surface area contributed by atoms with Crippen LogP contribution in [0.4, 0.5) is 0 Å². The smallest absolute Gasteiger partial charge is 0.227 e. The number of para-hydroxylation sites is 2. The fourth-order valence-corrected chi connectivity index (χ4v) is 4.02. The molecule has 144 valence electrons. The first-order chi connectivity index (χ1) is 14.7. The number of hydrogen-bond donors (Lipinski definition) is 0. The summed E-state index contributed by atoms with van der Waals surface area (Å²) in [5.74, 6) is 0.802. The van der Waals surface area contributed by atoms with Gasteiger partial charge in [-0.05, 0) is 56.3 Å². The van der Waals surface area contributed by atoms with Crippen LogP contribution in [0.25, 0.3) is 50.3 Å². The number of fused-ring (bicyclic) bond motifs is 4. The van der Waals surface area contributed by atoms with Crippen molar-refractivity contribution in [2.75, 3.05) is 0 Å². The summed E-state index contributed by atoms with van der Waals surface area (Å²) >= 11 is 0. The Kier molecular flexibility index (Phi) is 3.53. The molecule has 0 aliphatic rings. The largest absolute Gasteiger partial charge is 0.437 e. The van der Waals surface area contributed by atoms with Crippen LogP contribution < -0.4 is 0 Å². The van der Waals surface area contributed by atoms with Gasteiger partial charge in [0.15, 0.2) is 11.5 Å². The molecule has 6 rings (SSSR count). The van der Waals surface area contributed by atoms with Crippen molar-refractivity contribution in [2.24, 2.45) is 0 Å². The number of rotatable bonds is 2. The third-order valence-electron chi connectivity index (χ3n) is 5.42. The minimum Gasteiger partial charge on any atom is -0.437 e. The van der Waals surface area contributed by atoms with Crippen LogP contribution in [0.5, 0.6) is 0 Å². The van der Waals surface area contributed by atoms with Crippen LogP contribution in [0, 0.1) is 13.8 Å². The fourth-order valence-electron chi connectivity index (χ4n) is 4.02. The normalized spacial score (nSPS) is 11.7. The number of pyridine rings is 2. The summed E-state index contributed by atoms with van der Waals surface area (Å²) in [5, 5.41) is 2.04. The maximum Gasteiger partial charge on any atom is 0.227 e. The summed E-state index contributed by atoms with van der Waals surface area (Å²) in [7, 11) is 0. The van der Waals surface area contributed by atoms with Gasteiger partial charge in [0.2, 0.25) is 5.71 Å². The zero-order chi connectivity index (χ0) is 20.2. The van der Waals surface area contributed by atoms with E-state index in [1.165, 1.54) is 0 Å². The predicted molar refractivity (Wildman–Crippen MR) is 119 cm³/mol. The van der Waals surface area contributed by atoms with Gasteiger partial charge in [0.05, 0.1) is 11.1 Å². The maximum absolute atomic E-state index is 6.24. The Bertz CT molecular complexity index is 1560. The molecule has 0 spiro atoms. The first-order valence-corrected chi connectivity index (χ1v) is 9.90. The summed E-state index contributed by atoms with van der Waals surface area (Å²) in [4.78, 5) is 14.2. The van der Waals surface area contributed by atoms with Crippen LogP contribution in [0.1, 0.15) is 11.4 Å².